The van der Waals surface area contributed by atoms with Gasteiger partial charge in [0.2, 0.25) is 0 Å². The third-order valence-electron chi connectivity index (χ3n) is 2.21. The van der Waals surface area contributed by atoms with Crippen molar-refractivity contribution >= 4 is 45.0 Å². The molecule has 0 saturated heterocycles. The molecule has 0 aliphatic heterocycles. The number of nitrogens with zero attached hydrogens (tertiary/aromatic N) is 1. The van der Waals surface area contributed by atoms with Crippen molar-refractivity contribution in [2.45, 2.75) is 17.6 Å². The highest BCUT2D eigenvalue weighted by Gasteiger charge is 2.11. The molecule has 1 aromatic carbocycles. The van der Waals surface area contributed by atoms with Gasteiger partial charge in [-0.3, -0.25) is 0 Å². The molecule has 6 heteroatoms. The van der Waals surface area contributed by atoms with Crippen LogP contribution in [0.15, 0.2) is 33.8 Å². The Labute approximate surface area is 121 Å². The summed E-state index contributed by atoms with van der Waals surface area (Å²) in [5, 5.41) is 10.1. The van der Waals surface area contributed by atoms with E-state index >= 15 is 0 Å². The Morgan fingerprint density at radius 1 is 1.56 bits per heavy atom. The highest BCUT2D eigenvalue weighted by molar-refractivity contribution is 9.10. The van der Waals surface area contributed by atoms with Crippen molar-refractivity contribution in [2.75, 3.05) is 0 Å². The Kier molecular flexibility index (Phi) is 4.42. The van der Waals surface area contributed by atoms with Gasteiger partial charge in [0.1, 0.15) is 0 Å². The number of hydrogen-bond donors (Lipinski definition) is 1. The van der Waals surface area contributed by atoms with Crippen LogP contribution in [-0.4, -0.2) is 16.1 Å². The highest BCUT2D eigenvalue weighted by Crippen LogP contribution is 2.30. The number of aryl methyl sites for hydroxylation is 1. The number of thioether (sulfide) groups is 1. The zero-order chi connectivity index (χ0) is 13.1. The van der Waals surface area contributed by atoms with Crippen LogP contribution in [0.2, 0.25) is 0 Å². The molecule has 0 spiro atoms. The van der Waals surface area contributed by atoms with Gasteiger partial charge in [-0.1, -0.05) is 15.9 Å². The van der Waals surface area contributed by atoms with Crippen molar-refractivity contribution in [1.82, 2.24) is 4.98 Å². The highest BCUT2D eigenvalue weighted by atomic mass is 79.9. The van der Waals surface area contributed by atoms with Gasteiger partial charge in [-0.2, -0.15) is 0 Å². The summed E-state index contributed by atoms with van der Waals surface area (Å²) in [5.74, 6) is -0.159. The summed E-state index contributed by atoms with van der Waals surface area (Å²) in [5.41, 5.74) is 0.337. The lowest BCUT2D eigenvalue weighted by Crippen LogP contribution is -1.98. The largest absolute Gasteiger partial charge is 0.478 e. The van der Waals surface area contributed by atoms with Crippen LogP contribution in [0.1, 0.15) is 20.2 Å². The molecule has 0 atom stereocenters. The summed E-state index contributed by atoms with van der Waals surface area (Å²) in [7, 11) is 0. The molecule has 0 saturated carbocycles. The SMILES string of the molecule is Cc1ncc(CSc2cc(Br)ccc2C(=O)O)s1. The number of thiazole rings is 1. The molecule has 1 N–H and O–H groups in total. The first-order valence-corrected chi connectivity index (χ1v) is 7.72. The van der Waals surface area contributed by atoms with Gasteiger partial charge in [-0.25, -0.2) is 9.78 Å². The van der Waals surface area contributed by atoms with E-state index in [0.29, 0.717) is 5.56 Å². The Hall–Kier alpha value is -0.850. The maximum atomic E-state index is 11.1. The molecule has 0 aliphatic carbocycles. The molecule has 94 valence electrons. The molecule has 1 aromatic heterocycles. The second-order valence-electron chi connectivity index (χ2n) is 3.58. The van der Waals surface area contributed by atoms with Crippen molar-refractivity contribution in [3.63, 3.8) is 0 Å². The minimum atomic E-state index is -0.898. The van der Waals surface area contributed by atoms with Gasteiger partial charge < -0.3 is 5.11 Å². The van der Waals surface area contributed by atoms with E-state index in [1.807, 2.05) is 19.2 Å². The van der Waals surface area contributed by atoms with Gasteiger partial charge in [0.05, 0.1) is 10.6 Å². The van der Waals surface area contributed by atoms with E-state index in [9.17, 15) is 4.79 Å². The Balaban J connectivity index is 2.17. The third kappa shape index (κ3) is 3.34. The zero-order valence-electron chi connectivity index (χ0n) is 9.51. The van der Waals surface area contributed by atoms with Crippen LogP contribution in [0.4, 0.5) is 0 Å². The van der Waals surface area contributed by atoms with E-state index in [4.69, 9.17) is 5.11 Å². The van der Waals surface area contributed by atoms with Crippen LogP contribution in [0.3, 0.4) is 0 Å². The van der Waals surface area contributed by atoms with Gasteiger partial charge in [0.25, 0.3) is 0 Å². The fourth-order valence-corrected chi connectivity index (χ4v) is 3.82. The lowest BCUT2D eigenvalue weighted by Gasteiger charge is -2.05. The molecule has 0 fully saturated rings. The maximum Gasteiger partial charge on any atom is 0.336 e. The lowest BCUT2D eigenvalue weighted by molar-refractivity contribution is 0.0693. The molecular formula is C12H10BrNO2S2. The van der Waals surface area contributed by atoms with Crippen LogP contribution < -0.4 is 0 Å². The van der Waals surface area contributed by atoms with Crippen LogP contribution in [0.25, 0.3) is 0 Å². The standard InChI is InChI=1S/C12H10BrNO2S2/c1-7-14-5-9(18-7)6-17-11-4-8(13)2-3-10(11)12(15)16/h2-5H,6H2,1H3,(H,15,16). The minimum Gasteiger partial charge on any atom is -0.478 e. The smallest absolute Gasteiger partial charge is 0.336 e. The molecule has 18 heavy (non-hydrogen) atoms. The molecule has 0 unspecified atom stereocenters. The van der Waals surface area contributed by atoms with E-state index in [2.05, 4.69) is 20.9 Å². The average Bonchev–Trinajstić information content (AvgIpc) is 2.72. The number of benzene rings is 1. The Morgan fingerprint density at radius 2 is 2.33 bits per heavy atom. The van der Waals surface area contributed by atoms with Crippen LogP contribution in [0.5, 0.6) is 0 Å². The summed E-state index contributed by atoms with van der Waals surface area (Å²) >= 11 is 6.51. The van der Waals surface area contributed by atoms with Crippen molar-refractivity contribution < 1.29 is 9.90 Å². The van der Waals surface area contributed by atoms with E-state index in [-0.39, 0.29) is 0 Å². The molecule has 3 nitrogen and oxygen atoms in total. The first kappa shape index (κ1) is 13.6. The van der Waals surface area contributed by atoms with Crippen molar-refractivity contribution in [1.29, 1.82) is 0 Å². The van der Waals surface area contributed by atoms with Crippen molar-refractivity contribution in [3.05, 3.63) is 44.3 Å². The van der Waals surface area contributed by atoms with Crippen LogP contribution >= 0.6 is 39.0 Å². The van der Waals surface area contributed by atoms with Crippen LogP contribution in [-0.2, 0) is 5.75 Å². The molecule has 2 rings (SSSR count). The second kappa shape index (κ2) is 5.86. The van der Waals surface area contributed by atoms with Gasteiger partial charge in [-0.05, 0) is 25.1 Å². The van der Waals surface area contributed by atoms with Crippen molar-refractivity contribution in [2.24, 2.45) is 0 Å². The summed E-state index contributed by atoms with van der Waals surface area (Å²) in [6, 6.07) is 5.19. The molecule has 2 aromatic rings. The molecule has 1 heterocycles. The Bertz CT molecular complexity index is 583. The molecule has 0 bridgehead atoms. The zero-order valence-corrected chi connectivity index (χ0v) is 12.7. The maximum absolute atomic E-state index is 11.1. The van der Waals surface area contributed by atoms with E-state index in [0.717, 1.165) is 25.0 Å². The van der Waals surface area contributed by atoms with Gasteiger partial charge in [-0.15, -0.1) is 23.1 Å². The first-order chi connectivity index (χ1) is 8.56. The first-order valence-electron chi connectivity index (χ1n) is 5.13. The lowest BCUT2D eigenvalue weighted by atomic mass is 10.2. The fraction of sp³-hybridized carbons (Fsp3) is 0.167. The number of rotatable bonds is 4. The fourth-order valence-electron chi connectivity index (χ4n) is 1.41. The van der Waals surface area contributed by atoms with E-state index < -0.39 is 5.97 Å². The topological polar surface area (TPSA) is 50.2 Å². The number of carboxylic acid groups (broad SMARTS) is 1. The minimum absolute atomic E-state index is 0.337. The quantitative estimate of drug-likeness (QED) is 0.845. The molecule has 0 radical (unpaired) electrons. The van der Waals surface area contributed by atoms with E-state index in [1.54, 1.807) is 23.5 Å². The average molecular weight is 344 g/mol. The van der Waals surface area contributed by atoms with Crippen molar-refractivity contribution in [3.8, 4) is 0 Å². The number of aromatic nitrogens is 1. The number of aromatic carboxylic acids is 1. The predicted molar refractivity (Wildman–Crippen MR) is 77.5 cm³/mol. The summed E-state index contributed by atoms with van der Waals surface area (Å²) in [4.78, 5) is 17.2. The third-order valence-corrected chi connectivity index (χ3v) is 4.91. The molecule has 0 aliphatic rings. The normalized spacial score (nSPS) is 10.6. The molecule has 0 amide bonds. The Morgan fingerprint density at radius 3 is 2.94 bits per heavy atom. The van der Waals surface area contributed by atoms with E-state index in [1.165, 1.54) is 11.8 Å². The summed E-state index contributed by atoms with van der Waals surface area (Å²) in [6.07, 6.45) is 1.84. The van der Waals surface area contributed by atoms with Gasteiger partial charge >= 0.3 is 5.97 Å². The number of carboxylic acids is 1. The summed E-state index contributed by atoms with van der Waals surface area (Å²) in [6.45, 7) is 1.96. The summed E-state index contributed by atoms with van der Waals surface area (Å²) < 4.78 is 0.885. The second-order valence-corrected chi connectivity index (χ2v) is 6.83. The number of hydrogen-bond acceptors (Lipinski definition) is 4. The van der Waals surface area contributed by atoms with Crippen LogP contribution in [0, 0.1) is 6.92 Å². The number of carbonyl (C=O) groups is 1. The molecular weight excluding hydrogens is 334 g/mol. The van der Waals surface area contributed by atoms with Gasteiger partial charge in [0.15, 0.2) is 0 Å². The van der Waals surface area contributed by atoms with Gasteiger partial charge in [0, 0.05) is 26.2 Å². The number of halogens is 1. The monoisotopic (exact) mass is 343 g/mol. The predicted octanol–water partition coefficient (Wildman–Crippen LogP) is 4.20.